The van der Waals surface area contributed by atoms with E-state index in [1.54, 1.807) is 7.05 Å². The number of carbonyl (C=O) groups excluding carboxylic acids is 1. The number of nitrogens with zero attached hydrogens (tertiary/aromatic N) is 1. The number of hydrazine groups is 1. The molecule has 0 unspecified atom stereocenters. The molecule has 14 heavy (non-hydrogen) atoms. The molecule has 4 heteroatoms. The Hall–Kier alpha value is -1.81. The van der Waals surface area contributed by atoms with Crippen LogP contribution in [-0.2, 0) is 0 Å². The number of rotatable bonds is 3. The van der Waals surface area contributed by atoms with Gasteiger partial charge in [-0.3, -0.25) is 10.3 Å². The Balaban J connectivity index is 2.82. The molecule has 0 heterocycles. The number of amides is 2. The smallest absolute Gasteiger partial charge is 0.273 e. The standard InChI is InChI=1S/C10H13N3O/c1-3-13(10(14)12-11-2)9-7-5-4-6-8-9/h3-8,11H,1H2,2H3,(H,12,14). The summed E-state index contributed by atoms with van der Waals surface area (Å²) in [5.41, 5.74) is 5.80. The second kappa shape index (κ2) is 5.04. The van der Waals surface area contributed by atoms with Crippen LogP contribution in [0.4, 0.5) is 10.5 Å². The number of anilines is 1. The summed E-state index contributed by atoms with van der Waals surface area (Å²) in [6.45, 7) is 3.58. The molecule has 0 aliphatic heterocycles. The fourth-order valence-corrected chi connectivity index (χ4v) is 1.06. The summed E-state index contributed by atoms with van der Waals surface area (Å²) < 4.78 is 0. The first-order chi connectivity index (χ1) is 6.79. The van der Waals surface area contributed by atoms with Crippen LogP contribution in [0.2, 0.25) is 0 Å². The highest BCUT2D eigenvalue weighted by molar-refractivity contribution is 5.93. The van der Waals surface area contributed by atoms with Gasteiger partial charge in [-0.1, -0.05) is 24.8 Å². The van der Waals surface area contributed by atoms with Crippen molar-refractivity contribution in [1.82, 2.24) is 10.9 Å². The first kappa shape index (κ1) is 10.3. The Morgan fingerprint density at radius 3 is 2.57 bits per heavy atom. The second-order valence-electron chi connectivity index (χ2n) is 2.57. The van der Waals surface area contributed by atoms with Gasteiger partial charge in [0.25, 0.3) is 0 Å². The molecule has 1 aromatic carbocycles. The summed E-state index contributed by atoms with van der Waals surface area (Å²) in [6, 6.07) is 9.00. The molecule has 0 atom stereocenters. The van der Waals surface area contributed by atoms with Crippen molar-refractivity contribution >= 4 is 11.7 Å². The Bertz CT molecular complexity index is 310. The van der Waals surface area contributed by atoms with Crippen LogP contribution in [-0.4, -0.2) is 13.1 Å². The third-order valence-corrected chi connectivity index (χ3v) is 1.67. The first-order valence-electron chi connectivity index (χ1n) is 4.23. The zero-order valence-electron chi connectivity index (χ0n) is 8.03. The zero-order valence-corrected chi connectivity index (χ0v) is 8.03. The summed E-state index contributed by atoms with van der Waals surface area (Å²) in [7, 11) is 1.63. The van der Waals surface area contributed by atoms with Crippen molar-refractivity contribution in [3.63, 3.8) is 0 Å². The summed E-state index contributed by atoms with van der Waals surface area (Å²) >= 11 is 0. The van der Waals surface area contributed by atoms with Crippen molar-refractivity contribution in [3.8, 4) is 0 Å². The predicted molar refractivity (Wildman–Crippen MR) is 56.7 cm³/mol. The Morgan fingerprint density at radius 1 is 1.43 bits per heavy atom. The van der Waals surface area contributed by atoms with E-state index in [1.165, 1.54) is 11.1 Å². The van der Waals surface area contributed by atoms with Crippen LogP contribution in [0.15, 0.2) is 43.1 Å². The van der Waals surface area contributed by atoms with Crippen molar-refractivity contribution in [2.45, 2.75) is 0 Å². The molecular formula is C10H13N3O. The summed E-state index contributed by atoms with van der Waals surface area (Å²) in [4.78, 5) is 12.9. The molecule has 0 aliphatic carbocycles. The summed E-state index contributed by atoms with van der Waals surface area (Å²) in [5.74, 6) is 0. The van der Waals surface area contributed by atoms with Crippen molar-refractivity contribution in [2.75, 3.05) is 11.9 Å². The minimum Gasteiger partial charge on any atom is -0.273 e. The van der Waals surface area contributed by atoms with E-state index in [0.29, 0.717) is 0 Å². The molecule has 0 fully saturated rings. The molecule has 0 saturated carbocycles. The van der Waals surface area contributed by atoms with Crippen molar-refractivity contribution in [2.24, 2.45) is 0 Å². The molecule has 0 spiro atoms. The quantitative estimate of drug-likeness (QED) is 0.711. The molecule has 1 rings (SSSR count). The lowest BCUT2D eigenvalue weighted by Gasteiger charge is -2.17. The van der Waals surface area contributed by atoms with Gasteiger partial charge in [0.05, 0.1) is 5.69 Å². The van der Waals surface area contributed by atoms with E-state index in [1.807, 2.05) is 30.3 Å². The van der Waals surface area contributed by atoms with E-state index in [0.717, 1.165) is 5.69 Å². The maximum atomic E-state index is 11.5. The maximum absolute atomic E-state index is 11.5. The minimum atomic E-state index is -0.270. The zero-order chi connectivity index (χ0) is 10.4. The summed E-state index contributed by atoms with van der Waals surface area (Å²) in [6.07, 6.45) is 1.46. The van der Waals surface area contributed by atoms with Gasteiger partial charge in [-0.05, 0) is 12.1 Å². The van der Waals surface area contributed by atoms with Gasteiger partial charge >= 0.3 is 6.03 Å². The Labute approximate surface area is 83.2 Å². The van der Waals surface area contributed by atoms with Crippen LogP contribution in [0.1, 0.15) is 0 Å². The molecule has 74 valence electrons. The Kier molecular flexibility index (Phi) is 3.69. The van der Waals surface area contributed by atoms with Crippen LogP contribution in [0, 0.1) is 0 Å². The topological polar surface area (TPSA) is 44.4 Å². The average Bonchev–Trinajstić information content (AvgIpc) is 2.21. The van der Waals surface area contributed by atoms with E-state index in [-0.39, 0.29) is 6.03 Å². The largest absolute Gasteiger partial charge is 0.340 e. The number of urea groups is 1. The molecule has 4 nitrogen and oxygen atoms in total. The Morgan fingerprint density at radius 2 is 2.07 bits per heavy atom. The SMILES string of the molecule is C=CN(C(=O)NNC)c1ccccc1. The highest BCUT2D eigenvalue weighted by atomic mass is 16.2. The van der Waals surface area contributed by atoms with Gasteiger partial charge in [0, 0.05) is 13.2 Å². The van der Waals surface area contributed by atoms with Gasteiger partial charge in [-0.15, -0.1) is 0 Å². The van der Waals surface area contributed by atoms with Crippen LogP contribution in [0.5, 0.6) is 0 Å². The molecule has 1 aromatic rings. The lowest BCUT2D eigenvalue weighted by atomic mass is 10.3. The van der Waals surface area contributed by atoms with Crippen LogP contribution in [0.3, 0.4) is 0 Å². The first-order valence-corrected chi connectivity index (χ1v) is 4.23. The molecule has 0 bridgehead atoms. The number of benzene rings is 1. The lowest BCUT2D eigenvalue weighted by molar-refractivity contribution is 0.245. The van der Waals surface area contributed by atoms with E-state index in [4.69, 9.17) is 0 Å². The fourth-order valence-electron chi connectivity index (χ4n) is 1.06. The second-order valence-corrected chi connectivity index (χ2v) is 2.57. The summed E-state index contributed by atoms with van der Waals surface area (Å²) in [5, 5.41) is 0. The molecule has 0 saturated heterocycles. The molecule has 0 aliphatic rings. The maximum Gasteiger partial charge on any atom is 0.340 e. The van der Waals surface area contributed by atoms with Crippen molar-refractivity contribution in [3.05, 3.63) is 43.1 Å². The van der Waals surface area contributed by atoms with Crippen molar-refractivity contribution in [1.29, 1.82) is 0 Å². The van der Waals surface area contributed by atoms with E-state index in [9.17, 15) is 4.79 Å². The molecule has 2 N–H and O–H groups in total. The molecule has 2 amide bonds. The number of nitrogens with one attached hydrogen (secondary N) is 2. The average molecular weight is 191 g/mol. The number of hydrogen-bond acceptors (Lipinski definition) is 2. The van der Waals surface area contributed by atoms with Gasteiger partial charge in [0.1, 0.15) is 0 Å². The number of para-hydroxylation sites is 1. The van der Waals surface area contributed by atoms with Crippen molar-refractivity contribution < 1.29 is 4.79 Å². The third kappa shape index (κ3) is 2.34. The van der Waals surface area contributed by atoms with Gasteiger partial charge in [0.2, 0.25) is 0 Å². The van der Waals surface area contributed by atoms with Gasteiger partial charge in [0.15, 0.2) is 0 Å². The van der Waals surface area contributed by atoms with Gasteiger partial charge in [-0.25, -0.2) is 10.2 Å². The highest BCUT2D eigenvalue weighted by Gasteiger charge is 2.09. The van der Waals surface area contributed by atoms with Gasteiger partial charge < -0.3 is 0 Å². The van der Waals surface area contributed by atoms with E-state index in [2.05, 4.69) is 17.4 Å². The van der Waals surface area contributed by atoms with Crippen LogP contribution >= 0.6 is 0 Å². The van der Waals surface area contributed by atoms with Gasteiger partial charge in [-0.2, -0.15) is 0 Å². The fraction of sp³-hybridized carbons (Fsp3) is 0.100. The predicted octanol–water partition coefficient (Wildman–Crippen LogP) is 1.48. The van der Waals surface area contributed by atoms with Crippen LogP contribution in [0.25, 0.3) is 0 Å². The molecule has 0 aromatic heterocycles. The normalized spacial score (nSPS) is 9.21. The molecular weight excluding hydrogens is 178 g/mol. The van der Waals surface area contributed by atoms with E-state index < -0.39 is 0 Å². The minimum absolute atomic E-state index is 0.270. The lowest BCUT2D eigenvalue weighted by Crippen LogP contribution is -2.42. The van der Waals surface area contributed by atoms with E-state index >= 15 is 0 Å². The third-order valence-electron chi connectivity index (χ3n) is 1.67. The van der Waals surface area contributed by atoms with Crippen LogP contribution < -0.4 is 15.8 Å². The number of carbonyl (C=O) groups is 1. The highest BCUT2D eigenvalue weighted by Crippen LogP contribution is 2.12. The number of hydrogen-bond donors (Lipinski definition) is 2. The monoisotopic (exact) mass is 191 g/mol. The molecule has 0 radical (unpaired) electrons.